The van der Waals surface area contributed by atoms with Crippen LogP contribution in [0.3, 0.4) is 0 Å². The average Bonchev–Trinajstić information content (AvgIpc) is 3.19. The molecule has 1 amide bonds. The molecule has 1 aromatic carbocycles. The van der Waals surface area contributed by atoms with Crippen molar-refractivity contribution in [2.45, 2.75) is 6.42 Å². The standard InChI is InChI=1S/C14H14N6O3/c1-22-11-4-2-10(3-5-11)13-17-18-14(23-13)20-8-9(6-12(20)21)7-16-19-15/h2-5,9H,6-8H2,1H3. The number of anilines is 1. The Morgan fingerprint density at radius 3 is 2.91 bits per heavy atom. The molecule has 1 aliphatic heterocycles. The summed E-state index contributed by atoms with van der Waals surface area (Å²) in [5.74, 6) is 0.904. The fourth-order valence-corrected chi connectivity index (χ4v) is 2.42. The van der Waals surface area contributed by atoms with Crippen LogP contribution in [-0.4, -0.2) is 36.3 Å². The van der Waals surface area contributed by atoms with E-state index in [1.165, 1.54) is 4.90 Å². The molecule has 2 heterocycles. The van der Waals surface area contributed by atoms with Gasteiger partial charge in [0.25, 0.3) is 0 Å². The zero-order valence-corrected chi connectivity index (χ0v) is 12.4. The first-order valence-electron chi connectivity index (χ1n) is 7.00. The summed E-state index contributed by atoms with van der Waals surface area (Å²) < 4.78 is 10.7. The zero-order chi connectivity index (χ0) is 16.2. The molecule has 0 saturated carbocycles. The van der Waals surface area contributed by atoms with Crippen LogP contribution >= 0.6 is 0 Å². The summed E-state index contributed by atoms with van der Waals surface area (Å²) in [6, 6.07) is 7.33. The number of aromatic nitrogens is 2. The lowest BCUT2D eigenvalue weighted by molar-refractivity contribution is -0.117. The lowest BCUT2D eigenvalue weighted by atomic mass is 10.1. The monoisotopic (exact) mass is 314 g/mol. The second-order valence-corrected chi connectivity index (χ2v) is 5.11. The third-order valence-corrected chi connectivity index (χ3v) is 3.59. The van der Waals surface area contributed by atoms with Gasteiger partial charge in [-0.15, -0.1) is 5.10 Å². The van der Waals surface area contributed by atoms with E-state index in [4.69, 9.17) is 14.7 Å². The summed E-state index contributed by atoms with van der Waals surface area (Å²) in [5, 5.41) is 11.4. The fourth-order valence-electron chi connectivity index (χ4n) is 2.42. The van der Waals surface area contributed by atoms with Crippen LogP contribution < -0.4 is 9.64 Å². The maximum absolute atomic E-state index is 12.0. The zero-order valence-electron chi connectivity index (χ0n) is 12.4. The van der Waals surface area contributed by atoms with E-state index in [1.54, 1.807) is 31.4 Å². The van der Waals surface area contributed by atoms with Crippen molar-refractivity contribution in [3.8, 4) is 17.2 Å². The van der Waals surface area contributed by atoms with Crippen molar-refractivity contribution < 1.29 is 13.9 Å². The molecule has 2 aromatic rings. The predicted molar refractivity (Wildman–Crippen MR) is 80.8 cm³/mol. The van der Waals surface area contributed by atoms with Gasteiger partial charge in [-0.2, -0.15) is 0 Å². The number of hydrogen-bond acceptors (Lipinski definition) is 6. The molecule has 1 aromatic heterocycles. The van der Waals surface area contributed by atoms with Gasteiger partial charge in [0, 0.05) is 30.0 Å². The number of carbonyl (C=O) groups excluding carboxylic acids is 1. The van der Waals surface area contributed by atoms with Crippen molar-refractivity contribution in [1.29, 1.82) is 0 Å². The molecule has 0 N–H and O–H groups in total. The molecule has 23 heavy (non-hydrogen) atoms. The number of rotatable bonds is 5. The summed E-state index contributed by atoms with van der Waals surface area (Å²) in [4.78, 5) is 16.2. The van der Waals surface area contributed by atoms with Gasteiger partial charge in [-0.25, -0.2) is 0 Å². The van der Waals surface area contributed by atoms with Crippen molar-refractivity contribution in [3.05, 3.63) is 34.7 Å². The summed E-state index contributed by atoms with van der Waals surface area (Å²) in [5.41, 5.74) is 9.09. The van der Waals surface area contributed by atoms with Crippen LogP contribution in [0.1, 0.15) is 6.42 Å². The smallest absolute Gasteiger partial charge is 0.325 e. The SMILES string of the molecule is COc1ccc(-c2nnc(N3CC(CN=[N+]=[N-])CC3=O)o2)cc1. The molecule has 1 unspecified atom stereocenters. The van der Waals surface area contributed by atoms with E-state index < -0.39 is 0 Å². The highest BCUT2D eigenvalue weighted by Crippen LogP contribution is 2.28. The topological polar surface area (TPSA) is 117 Å². The maximum Gasteiger partial charge on any atom is 0.325 e. The van der Waals surface area contributed by atoms with Crippen LogP contribution in [0.2, 0.25) is 0 Å². The van der Waals surface area contributed by atoms with Gasteiger partial charge in [0.15, 0.2) is 0 Å². The number of ether oxygens (including phenoxy) is 1. The van der Waals surface area contributed by atoms with Crippen LogP contribution in [0.4, 0.5) is 6.01 Å². The van der Waals surface area contributed by atoms with Crippen molar-refractivity contribution in [3.63, 3.8) is 0 Å². The second-order valence-electron chi connectivity index (χ2n) is 5.11. The molecule has 3 rings (SSSR count). The fraction of sp³-hybridized carbons (Fsp3) is 0.357. The lowest BCUT2D eigenvalue weighted by Crippen LogP contribution is -2.25. The second kappa shape index (κ2) is 6.37. The highest BCUT2D eigenvalue weighted by molar-refractivity contribution is 5.93. The van der Waals surface area contributed by atoms with Crippen LogP contribution in [0.25, 0.3) is 21.9 Å². The van der Waals surface area contributed by atoms with E-state index in [0.717, 1.165) is 11.3 Å². The van der Waals surface area contributed by atoms with E-state index in [2.05, 4.69) is 20.2 Å². The number of methoxy groups -OCH3 is 1. The number of hydrogen-bond donors (Lipinski definition) is 0. The minimum Gasteiger partial charge on any atom is -0.497 e. The minimum absolute atomic E-state index is 0.0327. The highest BCUT2D eigenvalue weighted by atomic mass is 16.5. The van der Waals surface area contributed by atoms with Gasteiger partial charge in [0.2, 0.25) is 11.8 Å². The molecule has 1 saturated heterocycles. The summed E-state index contributed by atoms with van der Waals surface area (Å²) in [6.07, 6.45) is 0.305. The Kier molecular flexibility index (Phi) is 4.11. The first kappa shape index (κ1) is 14.9. The lowest BCUT2D eigenvalue weighted by Gasteiger charge is -2.09. The molecule has 1 fully saturated rings. The van der Waals surface area contributed by atoms with E-state index in [9.17, 15) is 4.79 Å². The Morgan fingerprint density at radius 1 is 1.43 bits per heavy atom. The molecule has 0 radical (unpaired) electrons. The molecule has 0 aliphatic carbocycles. The van der Waals surface area contributed by atoms with E-state index in [0.29, 0.717) is 18.9 Å². The average molecular weight is 314 g/mol. The van der Waals surface area contributed by atoms with Crippen molar-refractivity contribution in [2.75, 3.05) is 25.1 Å². The van der Waals surface area contributed by atoms with Gasteiger partial charge < -0.3 is 9.15 Å². The summed E-state index contributed by atoms with van der Waals surface area (Å²) in [6.45, 7) is 0.681. The largest absolute Gasteiger partial charge is 0.497 e. The van der Waals surface area contributed by atoms with E-state index >= 15 is 0 Å². The van der Waals surface area contributed by atoms with E-state index in [1.807, 2.05) is 0 Å². The van der Waals surface area contributed by atoms with Crippen LogP contribution in [-0.2, 0) is 4.79 Å². The Hall–Kier alpha value is -3.06. The van der Waals surface area contributed by atoms with Gasteiger partial charge in [0.1, 0.15) is 5.75 Å². The third-order valence-electron chi connectivity index (χ3n) is 3.59. The third kappa shape index (κ3) is 3.09. The molecule has 1 aliphatic rings. The van der Waals surface area contributed by atoms with Gasteiger partial charge in [0.05, 0.1) is 7.11 Å². The van der Waals surface area contributed by atoms with Gasteiger partial charge >= 0.3 is 6.01 Å². The van der Waals surface area contributed by atoms with Crippen LogP contribution in [0.5, 0.6) is 5.75 Å². The normalized spacial score (nSPS) is 17.2. The van der Waals surface area contributed by atoms with Crippen molar-refractivity contribution in [2.24, 2.45) is 11.0 Å². The van der Waals surface area contributed by atoms with Crippen molar-refractivity contribution in [1.82, 2.24) is 10.2 Å². The Bertz CT molecular complexity index is 750. The quantitative estimate of drug-likeness (QED) is 0.477. The number of azide groups is 1. The number of amides is 1. The maximum atomic E-state index is 12.0. The molecular formula is C14H14N6O3. The predicted octanol–water partition coefficient (Wildman–Crippen LogP) is 2.41. The van der Waals surface area contributed by atoms with Crippen molar-refractivity contribution >= 4 is 11.9 Å². The molecular weight excluding hydrogens is 300 g/mol. The number of nitrogens with zero attached hydrogens (tertiary/aromatic N) is 6. The van der Waals surface area contributed by atoms with Gasteiger partial charge in [-0.1, -0.05) is 10.2 Å². The Morgan fingerprint density at radius 2 is 2.22 bits per heavy atom. The minimum atomic E-state index is -0.118. The Balaban J connectivity index is 1.76. The molecule has 1 atom stereocenters. The van der Waals surface area contributed by atoms with E-state index in [-0.39, 0.29) is 24.4 Å². The first-order valence-corrected chi connectivity index (χ1v) is 7.00. The molecule has 9 nitrogen and oxygen atoms in total. The first-order chi connectivity index (χ1) is 11.2. The number of carbonyl (C=O) groups is 1. The molecule has 0 bridgehead atoms. The number of benzene rings is 1. The Labute approximate surface area is 131 Å². The molecule has 9 heteroatoms. The van der Waals surface area contributed by atoms with Crippen LogP contribution in [0, 0.1) is 5.92 Å². The summed E-state index contributed by atoms with van der Waals surface area (Å²) >= 11 is 0. The van der Waals surface area contributed by atoms with Crippen LogP contribution in [0.15, 0.2) is 33.8 Å². The summed E-state index contributed by atoms with van der Waals surface area (Å²) in [7, 11) is 1.59. The van der Waals surface area contributed by atoms with Gasteiger partial charge in [-0.05, 0) is 35.7 Å². The molecule has 0 spiro atoms. The molecule has 118 valence electrons. The van der Waals surface area contributed by atoms with Gasteiger partial charge in [-0.3, -0.25) is 9.69 Å². The highest BCUT2D eigenvalue weighted by Gasteiger charge is 2.33.